The van der Waals surface area contributed by atoms with Gasteiger partial charge in [0.2, 0.25) is 6.41 Å². The second kappa shape index (κ2) is 9.36. The maximum Gasteiger partial charge on any atom is 0.207 e. The van der Waals surface area contributed by atoms with Crippen LogP contribution >= 0.6 is 0 Å². The van der Waals surface area contributed by atoms with Crippen LogP contribution in [-0.2, 0) is 4.79 Å². The van der Waals surface area contributed by atoms with Gasteiger partial charge in [0.25, 0.3) is 0 Å². The minimum absolute atomic E-state index is 0.316. The second-order valence-electron chi connectivity index (χ2n) is 9.03. The number of aliphatic hydroxyl groups is 1. The van der Waals surface area contributed by atoms with E-state index in [4.69, 9.17) is 5.11 Å². The largest absolute Gasteiger partial charge is 0.396 e. The molecule has 144 valence electrons. The molecule has 3 aliphatic rings. The first-order valence-electron chi connectivity index (χ1n) is 10.8. The van der Waals surface area contributed by atoms with Gasteiger partial charge in [-0.1, -0.05) is 32.6 Å². The third-order valence-corrected chi connectivity index (χ3v) is 7.22. The van der Waals surface area contributed by atoms with Crippen LogP contribution in [0.2, 0.25) is 0 Å². The van der Waals surface area contributed by atoms with Gasteiger partial charge in [-0.3, -0.25) is 9.69 Å². The zero-order valence-corrected chi connectivity index (χ0v) is 16.0. The fraction of sp³-hybridized carbons (Fsp3) is 0.952. The van der Waals surface area contributed by atoms with Crippen LogP contribution in [0, 0.1) is 23.7 Å². The standard InChI is InChI=1S/C21H38N2O2/c1-16(6-4-5-11-24)13-23-14-19(22-15-25)12-18-10-9-17-7-2-3-8-20(17)21(18)23/h15-21,24H,2-14H2,1H3,(H,22,25). The second-order valence-corrected chi connectivity index (χ2v) is 9.03. The molecule has 0 aromatic rings. The summed E-state index contributed by atoms with van der Waals surface area (Å²) in [7, 11) is 0. The van der Waals surface area contributed by atoms with Crippen molar-refractivity contribution in [3.63, 3.8) is 0 Å². The summed E-state index contributed by atoms with van der Waals surface area (Å²) in [6.07, 6.45) is 13.8. The lowest BCUT2D eigenvalue weighted by molar-refractivity contribution is -0.111. The fourth-order valence-electron chi connectivity index (χ4n) is 6.17. The van der Waals surface area contributed by atoms with Crippen molar-refractivity contribution < 1.29 is 9.90 Å². The number of piperidine rings is 1. The van der Waals surface area contributed by atoms with Gasteiger partial charge in [0, 0.05) is 31.8 Å². The first-order valence-corrected chi connectivity index (χ1v) is 10.8. The predicted molar refractivity (Wildman–Crippen MR) is 101 cm³/mol. The highest BCUT2D eigenvalue weighted by Crippen LogP contribution is 2.47. The summed E-state index contributed by atoms with van der Waals surface area (Å²) in [5.74, 6) is 3.30. The first-order chi connectivity index (χ1) is 12.2. The summed E-state index contributed by atoms with van der Waals surface area (Å²) in [5.41, 5.74) is 0. The molecule has 25 heavy (non-hydrogen) atoms. The van der Waals surface area contributed by atoms with E-state index in [1.165, 1.54) is 51.4 Å². The molecular formula is C21H38N2O2. The van der Waals surface area contributed by atoms with Crippen LogP contribution in [-0.4, -0.2) is 48.2 Å². The van der Waals surface area contributed by atoms with Gasteiger partial charge in [-0.15, -0.1) is 0 Å². The maximum atomic E-state index is 11.0. The SMILES string of the molecule is CC(CCCCO)CN1CC(NC=O)CC2CCC3CCCCC3C21. The van der Waals surface area contributed by atoms with Gasteiger partial charge in [0.15, 0.2) is 0 Å². The van der Waals surface area contributed by atoms with E-state index in [2.05, 4.69) is 17.1 Å². The summed E-state index contributed by atoms with van der Waals surface area (Å²) in [6.45, 7) is 4.88. The number of carbonyl (C=O) groups is 1. The molecule has 0 bridgehead atoms. The van der Waals surface area contributed by atoms with E-state index in [9.17, 15) is 4.79 Å². The summed E-state index contributed by atoms with van der Waals surface area (Å²) >= 11 is 0. The van der Waals surface area contributed by atoms with Crippen LogP contribution < -0.4 is 5.32 Å². The zero-order valence-electron chi connectivity index (χ0n) is 16.0. The molecular weight excluding hydrogens is 312 g/mol. The lowest BCUT2D eigenvalue weighted by Crippen LogP contribution is -2.60. The van der Waals surface area contributed by atoms with Crippen molar-refractivity contribution in [1.82, 2.24) is 10.2 Å². The van der Waals surface area contributed by atoms with Crippen LogP contribution in [0.25, 0.3) is 0 Å². The smallest absolute Gasteiger partial charge is 0.207 e. The molecule has 2 aliphatic carbocycles. The first kappa shape index (κ1) is 19.2. The lowest BCUT2D eigenvalue weighted by Gasteiger charge is -2.55. The van der Waals surface area contributed by atoms with E-state index in [-0.39, 0.29) is 0 Å². The number of fused-ring (bicyclic) bond motifs is 3. The molecule has 2 saturated carbocycles. The van der Waals surface area contributed by atoms with E-state index in [1.54, 1.807) is 0 Å². The van der Waals surface area contributed by atoms with Crippen molar-refractivity contribution >= 4 is 6.41 Å². The van der Waals surface area contributed by atoms with Crippen LogP contribution in [0.5, 0.6) is 0 Å². The molecule has 0 aromatic carbocycles. The van der Waals surface area contributed by atoms with Crippen molar-refractivity contribution in [2.24, 2.45) is 23.7 Å². The molecule has 1 amide bonds. The van der Waals surface area contributed by atoms with E-state index in [0.717, 1.165) is 56.1 Å². The monoisotopic (exact) mass is 350 g/mol. The van der Waals surface area contributed by atoms with Crippen LogP contribution in [0.15, 0.2) is 0 Å². The molecule has 1 saturated heterocycles. The Labute approximate surface area is 153 Å². The van der Waals surface area contributed by atoms with E-state index >= 15 is 0 Å². The molecule has 3 rings (SSSR count). The molecule has 0 radical (unpaired) electrons. The Morgan fingerprint density at radius 2 is 1.96 bits per heavy atom. The number of nitrogens with zero attached hydrogens (tertiary/aromatic N) is 1. The molecule has 1 aliphatic heterocycles. The number of nitrogens with one attached hydrogen (secondary N) is 1. The summed E-state index contributed by atoms with van der Waals surface area (Å²) in [5, 5.41) is 12.1. The van der Waals surface area contributed by atoms with E-state index in [1.807, 2.05) is 0 Å². The molecule has 4 nitrogen and oxygen atoms in total. The summed E-state index contributed by atoms with van der Waals surface area (Å²) in [6, 6.07) is 1.09. The molecule has 3 fully saturated rings. The van der Waals surface area contributed by atoms with Gasteiger partial charge >= 0.3 is 0 Å². The number of rotatable bonds is 8. The average Bonchev–Trinajstić information content (AvgIpc) is 2.62. The Hall–Kier alpha value is -0.610. The summed E-state index contributed by atoms with van der Waals surface area (Å²) in [4.78, 5) is 13.8. The highest BCUT2D eigenvalue weighted by atomic mass is 16.2. The number of unbranched alkanes of at least 4 members (excludes halogenated alkanes) is 1. The van der Waals surface area contributed by atoms with Crippen molar-refractivity contribution in [3.05, 3.63) is 0 Å². The van der Waals surface area contributed by atoms with E-state index < -0.39 is 0 Å². The van der Waals surface area contributed by atoms with Gasteiger partial charge in [0.05, 0.1) is 0 Å². The number of hydrogen-bond acceptors (Lipinski definition) is 3. The lowest BCUT2D eigenvalue weighted by atomic mass is 9.61. The summed E-state index contributed by atoms with van der Waals surface area (Å²) < 4.78 is 0. The molecule has 6 atom stereocenters. The third-order valence-electron chi connectivity index (χ3n) is 7.22. The van der Waals surface area contributed by atoms with Gasteiger partial charge in [-0.25, -0.2) is 0 Å². The number of likely N-dealkylation sites (tertiary alicyclic amines) is 1. The number of carbonyl (C=O) groups excluding carboxylic acids is 1. The molecule has 2 N–H and O–H groups in total. The molecule has 4 heteroatoms. The van der Waals surface area contributed by atoms with Crippen molar-refractivity contribution in [2.45, 2.75) is 83.2 Å². The Morgan fingerprint density at radius 1 is 1.16 bits per heavy atom. The topological polar surface area (TPSA) is 52.6 Å². The van der Waals surface area contributed by atoms with Gasteiger partial charge in [-0.05, 0) is 62.2 Å². The van der Waals surface area contributed by atoms with Gasteiger partial charge < -0.3 is 10.4 Å². The molecule has 0 aromatic heterocycles. The van der Waals surface area contributed by atoms with Gasteiger partial charge in [-0.2, -0.15) is 0 Å². The van der Waals surface area contributed by atoms with Crippen LogP contribution in [0.3, 0.4) is 0 Å². The van der Waals surface area contributed by atoms with Crippen molar-refractivity contribution in [3.8, 4) is 0 Å². The highest BCUT2D eigenvalue weighted by molar-refractivity contribution is 5.46. The number of amides is 1. The molecule has 0 spiro atoms. The minimum atomic E-state index is 0.316. The predicted octanol–water partition coefficient (Wildman–Crippen LogP) is 3.19. The van der Waals surface area contributed by atoms with Crippen LogP contribution in [0.4, 0.5) is 0 Å². The Morgan fingerprint density at radius 3 is 2.76 bits per heavy atom. The van der Waals surface area contributed by atoms with Crippen LogP contribution in [0.1, 0.15) is 71.1 Å². The Kier molecular flexibility index (Phi) is 7.18. The van der Waals surface area contributed by atoms with Gasteiger partial charge in [0.1, 0.15) is 0 Å². The average molecular weight is 351 g/mol. The quantitative estimate of drug-likeness (QED) is 0.522. The highest BCUT2D eigenvalue weighted by Gasteiger charge is 2.46. The number of aliphatic hydroxyl groups excluding tert-OH is 1. The number of hydrogen-bond donors (Lipinski definition) is 2. The zero-order chi connectivity index (χ0) is 17.6. The minimum Gasteiger partial charge on any atom is -0.396 e. The molecule has 1 heterocycles. The third kappa shape index (κ3) is 4.77. The Bertz CT molecular complexity index is 417. The van der Waals surface area contributed by atoms with E-state index in [0.29, 0.717) is 18.6 Å². The maximum absolute atomic E-state index is 11.0. The van der Waals surface area contributed by atoms with Crippen molar-refractivity contribution in [2.75, 3.05) is 19.7 Å². The normalized spacial score (nSPS) is 37.0. The molecule has 6 unspecified atom stereocenters. The fourth-order valence-corrected chi connectivity index (χ4v) is 6.17. The van der Waals surface area contributed by atoms with Crippen molar-refractivity contribution in [1.29, 1.82) is 0 Å². The Balaban J connectivity index is 1.67.